The number of nitrogens with one attached hydrogen (secondary N) is 1. The molecule has 0 aliphatic rings. The second kappa shape index (κ2) is 5.87. The van der Waals surface area contributed by atoms with Crippen LogP contribution >= 0.6 is 22.6 Å². The predicted molar refractivity (Wildman–Crippen MR) is 65.7 cm³/mol. The van der Waals surface area contributed by atoms with Crippen molar-refractivity contribution in [1.82, 2.24) is 0 Å². The molecule has 0 unspecified atom stereocenters. The Morgan fingerprint density at radius 2 is 2.31 bits per heavy atom. The summed E-state index contributed by atoms with van der Waals surface area (Å²) < 4.78 is 1.25. The zero-order chi connectivity index (χ0) is 9.52. The fraction of sp³-hybridized carbons (Fsp3) is 0.273. The van der Waals surface area contributed by atoms with E-state index in [0.29, 0.717) is 0 Å². The van der Waals surface area contributed by atoms with Crippen LogP contribution < -0.4 is 5.32 Å². The summed E-state index contributed by atoms with van der Waals surface area (Å²) in [6.07, 6.45) is 7.03. The first kappa shape index (κ1) is 10.4. The number of hydrogen-bond donors (Lipinski definition) is 1. The average Bonchev–Trinajstić information content (AvgIpc) is 2.13. The van der Waals surface area contributed by atoms with Crippen LogP contribution in [-0.2, 0) is 0 Å². The number of terminal acetylenes is 1. The van der Waals surface area contributed by atoms with Gasteiger partial charge in [0.15, 0.2) is 0 Å². The first-order valence-corrected chi connectivity index (χ1v) is 5.33. The molecule has 0 aliphatic carbocycles. The Morgan fingerprint density at radius 1 is 1.46 bits per heavy atom. The molecular formula is C11H12IN. The summed E-state index contributed by atoms with van der Waals surface area (Å²) >= 11 is 2.30. The second-order valence-corrected chi connectivity index (χ2v) is 3.99. The van der Waals surface area contributed by atoms with Crippen molar-refractivity contribution < 1.29 is 0 Å². The van der Waals surface area contributed by atoms with E-state index in [1.807, 2.05) is 6.07 Å². The molecule has 1 aromatic rings. The third kappa shape index (κ3) is 4.18. The molecule has 0 aromatic heterocycles. The quantitative estimate of drug-likeness (QED) is 0.509. The SMILES string of the molecule is C#CCCCNc1cccc(I)c1. The van der Waals surface area contributed by atoms with Gasteiger partial charge >= 0.3 is 0 Å². The minimum atomic E-state index is 0.844. The molecule has 0 bridgehead atoms. The first-order valence-electron chi connectivity index (χ1n) is 4.26. The number of rotatable bonds is 4. The van der Waals surface area contributed by atoms with Crippen LogP contribution in [0.15, 0.2) is 24.3 Å². The molecule has 0 amide bonds. The summed E-state index contributed by atoms with van der Waals surface area (Å²) in [6, 6.07) is 8.31. The van der Waals surface area contributed by atoms with Gasteiger partial charge in [0, 0.05) is 22.2 Å². The van der Waals surface area contributed by atoms with Crippen molar-refractivity contribution in [2.75, 3.05) is 11.9 Å². The normalized spacial score (nSPS) is 9.23. The largest absolute Gasteiger partial charge is 0.385 e. The van der Waals surface area contributed by atoms with Gasteiger partial charge in [-0.2, -0.15) is 0 Å². The number of benzene rings is 1. The number of anilines is 1. The lowest BCUT2D eigenvalue weighted by molar-refractivity contribution is 0.907. The predicted octanol–water partition coefficient (Wildman–Crippen LogP) is 3.12. The molecule has 1 rings (SSSR count). The van der Waals surface area contributed by atoms with Crippen molar-refractivity contribution in [3.63, 3.8) is 0 Å². The Morgan fingerprint density at radius 3 is 3.00 bits per heavy atom. The first-order chi connectivity index (χ1) is 6.33. The van der Waals surface area contributed by atoms with Gasteiger partial charge in [0.1, 0.15) is 0 Å². The molecule has 0 aliphatic heterocycles. The maximum Gasteiger partial charge on any atom is 0.0350 e. The Bertz CT molecular complexity index is 301. The fourth-order valence-electron chi connectivity index (χ4n) is 1.02. The van der Waals surface area contributed by atoms with Gasteiger partial charge in [-0.1, -0.05) is 6.07 Å². The lowest BCUT2D eigenvalue weighted by Gasteiger charge is -2.04. The molecular weight excluding hydrogens is 273 g/mol. The van der Waals surface area contributed by atoms with Crippen LogP contribution in [0.2, 0.25) is 0 Å². The molecule has 0 saturated heterocycles. The van der Waals surface area contributed by atoms with E-state index in [9.17, 15) is 0 Å². The molecule has 0 atom stereocenters. The van der Waals surface area contributed by atoms with Gasteiger partial charge in [-0.05, 0) is 47.2 Å². The molecule has 13 heavy (non-hydrogen) atoms. The summed E-state index contributed by atoms with van der Waals surface area (Å²) in [4.78, 5) is 0. The van der Waals surface area contributed by atoms with Crippen LogP contribution in [0.25, 0.3) is 0 Å². The van der Waals surface area contributed by atoms with Crippen LogP contribution in [-0.4, -0.2) is 6.54 Å². The van der Waals surface area contributed by atoms with E-state index in [0.717, 1.165) is 19.4 Å². The molecule has 0 saturated carbocycles. The maximum absolute atomic E-state index is 5.15. The Kier molecular flexibility index (Phi) is 4.69. The fourth-order valence-corrected chi connectivity index (χ4v) is 1.56. The lowest BCUT2D eigenvalue weighted by Crippen LogP contribution is -2.00. The van der Waals surface area contributed by atoms with Gasteiger partial charge < -0.3 is 5.32 Å². The highest BCUT2D eigenvalue weighted by molar-refractivity contribution is 14.1. The third-order valence-corrected chi connectivity index (χ3v) is 2.32. The van der Waals surface area contributed by atoms with Crippen LogP contribution in [0.5, 0.6) is 0 Å². The van der Waals surface area contributed by atoms with Gasteiger partial charge in [-0.25, -0.2) is 0 Å². The second-order valence-electron chi connectivity index (χ2n) is 2.74. The van der Waals surface area contributed by atoms with Crippen molar-refractivity contribution in [2.45, 2.75) is 12.8 Å². The van der Waals surface area contributed by atoms with E-state index in [-0.39, 0.29) is 0 Å². The maximum atomic E-state index is 5.15. The smallest absolute Gasteiger partial charge is 0.0350 e. The molecule has 2 heteroatoms. The zero-order valence-electron chi connectivity index (χ0n) is 7.39. The van der Waals surface area contributed by atoms with E-state index < -0.39 is 0 Å². The standard InChI is InChI=1S/C11H12IN/c1-2-3-4-8-13-11-7-5-6-10(12)9-11/h1,5-7,9,13H,3-4,8H2. The molecule has 68 valence electrons. The third-order valence-electron chi connectivity index (χ3n) is 1.65. The summed E-state index contributed by atoms with van der Waals surface area (Å²) in [5.74, 6) is 2.62. The van der Waals surface area contributed by atoms with Crippen LogP contribution in [0.4, 0.5) is 5.69 Å². The van der Waals surface area contributed by atoms with E-state index in [2.05, 4.69) is 52.0 Å². The highest BCUT2D eigenvalue weighted by Crippen LogP contribution is 2.12. The molecule has 0 radical (unpaired) electrons. The van der Waals surface area contributed by atoms with Crippen molar-refractivity contribution in [1.29, 1.82) is 0 Å². The molecule has 0 fully saturated rings. The Balaban J connectivity index is 2.33. The molecule has 0 spiro atoms. The van der Waals surface area contributed by atoms with Crippen molar-refractivity contribution >= 4 is 28.3 Å². The van der Waals surface area contributed by atoms with Gasteiger partial charge in [0.05, 0.1) is 0 Å². The van der Waals surface area contributed by atoms with Crippen molar-refractivity contribution in [3.05, 3.63) is 27.8 Å². The lowest BCUT2D eigenvalue weighted by atomic mass is 10.3. The van der Waals surface area contributed by atoms with Gasteiger partial charge in [0.2, 0.25) is 0 Å². The summed E-state index contributed by atoms with van der Waals surface area (Å²) in [5.41, 5.74) is 1.17. The minimum absolute atomic E-state index is 0.844. The minimum Gasteiger partial charge on any atom is -0.385 e. The Labute approximate surface area is 93.1 Å². The zero-order valence-corrected chi connectivity index (χ0v) is 9.54. The van der Waals surface area contributed by atoms with Crippen LogP contribution in [0, 0.1) is 15.9 Å². The van der Waals surface area contributed by atoms with Gasteiger partial charge in [-0.15, -0.1) is 12.3 Å². The van der Waals surface area contributed by atoms with Crippen molar-refractivity contribution in [2.24, 2.45) is 0 Å². The highest BCUT2D eigenvalue weighted by Gasteiger charge is 1.91. The summed E-state index contributed by atoms with van der Waals surface area (Å²) in [7, 11) is 0. The van der Waals surface area contributed by atoms with E-state index in [1.165, 1.54) is 9.26 Å². The van der Waals surface area contributed by atoms with E-state index in [1.54, 1.807) is 0 Å². The molecule has 1 nitrogen and oxygen atoms in total. The number of hydrogen-bond acceptors (Lipinski definition) is 1. The van der Waals surface area contributed by atoms with Crippen molar-refractivity contribution in [3.8, 4) is 12.3 Å². The average molecular weight is 285 g/mol. The highest BCUT2D eigenvalue weighted by atomic mass is 127. The monoisotopic (exact) mass is 285 g/mol. The number of halogens is 1. The summed E-state index contributed by atoms with van der Waals surface area (Å²) in [6.45, 7) is 0.949. The van der Waals surface area contributed by atoms with Gasteiger partial charge in [-0.3, -0.25) is 0 Å². The van der Waals surface area contributed by atoms with E-state index >= 15 is 0 Å². The van der Waals surface area contributed by atoms with Crippen LogP contribution in [0.1, 0.15) is 12.8 Å². The van der Waals surface area contributed by atoms with Gasteiger partial charge in [0.25, 0.3) is 0 Å². The topological polar surface area (TPSA) is 12.0 Å². The molecule has 1 aromatic carbocycles. The van der Waals surface area contributed by atoms with Crippen LogP contribution in [0.3, 0.4) is 0 Å². The Hall–Kier alpha value is -0.690. The summed E-state index contributed by atoms with van der Waals surface area (Å²) in [5, 5.41) is 3.32. The number of unbranched alkanes of at least 4 members (excludes halogenated alkanes) is 1. The van der Waals surface area contributed by atoms with E-state index in [4.69, 9.17) is 6.42 Å². The molecule has 0 heterocycles. The molecule has 1 N–H and O–H groups in total.